The summed E-state index contributed by atoms with van der Waals surface area (Å²) in [5.41, 5.74) is 2.33. The van der Waals surface area contributed by atoms with Crippen molar-refractivity contribution in [3.05, 3.63) is 52.8 Å². The van der Waals surface area contributed by atoms with Gasteiger partial charge < -0.3 is 9.84 Å². The van der Waals surface area contributed by atoms with E-state index in [0.717, 1.165) is 43.5 Å². The molecule has 1 aromatic carbocycles. The number of para-hydroxylation sites is 1. The summed E-state index contributed by atoms with van der Waals surface area (Å²) in [6, 6.07) is 7.89. The Kier molecular flexibility index (Phi) is 6.18. The number of rotatable bonds is 6. The number of ether oxygens (including phenoxy) is 1. The van der Waals surface area contributed by atoms with Gasteiger partial charge in [-0.15, -0.1) is 0 Å². The Morgan fingerprint density at radius 2 is 2.06 bits per heavy atom. The lowest BCUT2D eigenvalue weighted by molar-refractivity contribution is -0.105. The highest BCUT2D eigenvalue weighted by Gasteiger charge is 2.63. The van der Waals surface area contributed by atoms with Crippen LogP contribution in [0.1, 0.15) is 25.3 Å². The first-order chi connectivity index (χ1) is 15.3. The molecule has 2 heterocycles. The van der Waals surface area contributed by atoms with E-state index in [-0.39, 0.29) is 24.1 Å². The molecule has 1 saturated heterocycles. The number of fused-ring (bicyclic) bond motifs is 1. The molecule has 32 heavy (non-hydrogen) atoms. The molecule has 0 unspecified atom stereocenters. The van der Waals surface area contributed by atoms with Crippen molar-refractivity contribution in [1.29, 1.82) is 0 Å². The fourth-order valence-electron chi connectivity index (χ4n) is 6.00. The van der Waals surface area contributed by atoms with Gasteiger partial charge in [-0.05, 0) is 37.9 Å². The Hall–Kier alpha value is -2.22. The second kappa shape index (κ2) is 8.61. The molecule has 0 aromatic heterocycles. The van der Waals surface area contributed by atoms with E-state index in [9.17, 15) is 14.7 Å². The standard InChI is InChI=1S/C25H34N2O4Si/c1-5-31-24(30)27-21-9-7-6-8-20(21)25-13-14-26(16-19(12-15-28)32(2,3)4)22(25)11-10-18(17-29)23(25)27/h6-10,12,17,22-23,28H,5,11,13-16H2,1-4H3/b19-12-/t22-,23-,25+/m0/s1. The van der Waals surface area contributed by atoms with Crippen LogP contribution in [0.25, 0.3) is 0 Å². The number of carbonyl (C=O) groups is 2. The molecule has 1 N–H and O–H groups in total. The quantitative estimate of drug-likeness (QED) is 0.525. The predicted octanol–water partition coefficient (Wildman–Crippen LogP) is 3.67. The SMILES string of the molecule is CCOC(=O)N1c2ccccc2[C@]23CCN(C/C(=C/CO)[Si](C)(C)C)[C@H]2CC=C(C=O)[C@H]13. The number of carbonyl (C=O) groups excluding carboxylic acids is 2. The van der Waals surface area contributed by atoms with Gasteiger partial charge in [-0.2, -0.15) is 0 Å². The van der Waals surface area contributed by atoms with Crippen molar-refractivity contribution in [1.82, 2.24) is 4.90 Å². The second-order valence-corrected chi connectivity index (χ2v) is 15.1. The van der Waals surface area contributed by atoms with Crippen molar-refractivity contribution in [2.75, 3.05) is 31.2 Å². The Balaban J connectivity index is 1.81. The fourth-order valence-corrected chi connectivity index (χ4v) is 7.39. The molecule has 0 bridgehead atoms. The minimum Gasteiger partial charge on any atom is -0.449 e. The van der Waals surface area contributed by atoms with E-state index in [2.05, 4.69) is 30.6 Å². The molecule has 1 amide bonds. The number of hydrogen-bond donors (Lipinski definition) is 1. The first kappa shape index (κ1) is 23.0. The molecule has 1 aliphatic carbocycles. The van der Waals surface area contributed by atoms with Gasteiger partial charge in [0.2, 0.25) is 0 Å². The number of benzene rings is 1. The topological polar surface area (TPSA) is 70.1 Å². The van der Waals surface area contributed by atoms with Crippen LogP contribution < -0.4 is 4.90 Å². The van der Waals surface area contributed by atoms with E-state index >= 15 is 0 Å². The van der Waals surface area contributed by atoms with Gasteiger partial charge in [-0.1, -0.05) is 55.2 Å². The molecule has 3 aliphatic rings. The highest BCUT2D eigenvalue weighted by molar-refractivity contribution is 6.83. The number of hydrogen-bond acceptors (Lipinski definition) is 5. The first-order valence-electron chi connectivity index (χ1n) is 11.5. The molecule has 4 rings (SSSR count). The van der Waals surface area contributed by atoms with Crippen molar-refractivity contribution in [3.8, 4) is 0 Å². The predicted molar refractivity (Wildman–Crippen MR) is 129 cm³/mol. The number of anilines is 1. The smallest absolute Gasteiger partial charge is 0.414 e. The van der Waals surface area contributed by atoms with Gasteiger partial charge >= 0.3 is 6.09 Å². The molecule has 1 fully saturated rings. The maximum Gasteiger partial charge on any atom is 0.414 e. The number of aliphatic hydroxyl groups is 1. The molecular formula is C25H34N2O4Si. The van der Waals surface area contributed by atoms with E-state index < -0.39 is 14.2 Å². The highest BCUT2D eigenvalue weighted by Crippen LogP contribution is 2.58. The summed E-state index contributed by atoms with van der Waals surface area (Å²) in [4.78, 5) is 29.5. The maximum atomic E-state index is 13.1. The van der Waals surface area contributed by atoms with Crippen LogP contribution in [0, 0.1) is 0 Å². The molecule has 2 aliphatic heterocycles. The molecule has 6 nitrogen and oxygen atoms in total. The van der Waals surface area contributed by atoms with E-state index in [1.807, 2.05) is 30.4 Å². The van der Waals surface area contributed by atoms with Crippen LogP contribution in [0.3, 0.4) is 0 Å². The largest absolute Gasteiger partial charge is 0.449 e. The molecule has 0 saturated carbocycles. The van der Waals surface area contributed by atoms with Gasteiger partial charge in [-0.25, -0.2) is 4.79 Å². The number of aliphatic hydroxyl groups excluding tert-OH is 1. The van der Waals surface area contributed by atoms with E-state index in [1.54, 1.807) is 11.8 Å². The third-order valence-electron chi connectivity index (χ3n) is 7.43. The Morgan fingerprint density at radius 3 is 2.72 bits per heavy atom. The zero-order valence-electron chi connectivity index (χ0n) is 19.5. The Morgan fingerprint density at radius 1 is 1.31 bits per heavy atom. The van der Waals surface area contributed by atoms with Gasteiger partial charge in [0.25, 0.3) is 0 Å². The van der Waals surface area contributed by atoms with Crippen LogP contribution in [0.15, 0.2) is 47.2 Å². The summed E-state index contributed by atoms with van der Waals surface area (Å²) < 4.78 is 5.44. The van der Waals surface area contributed by atoms with Gasteiger partial charge in [0, 0.05) is 23.6 Å². The van der Waals surface area contributed by atoms with Crippen LogP contribution in [-0.2, 0) is 14.9 Å². The first-order valence-corrected chi connectivity index (χ1v) is 15.0. The summed E-state index contributed by atoms with van der Waals surface area (Å²) in [6.45, 7) is 10.8. The Labute approximate surface area is 191 Å². The summed E-state index contributed by atoms with van der Waals surface area (Å²) in [6.07, 6.45) is 6.17. The maximum absolute atomic E-state index is 13.1. The molecule has 1 aromatic rings. The lowest BCUT2D eigenvalue weighted by Gasteiger charge is -2.45. The van der Waals surface area contributed by atoms with Crippen LogP contribution in [0.5, 0.6) is 0 Å². The molecule has 7 heteroatoms. The summed E-state index contributed by atoms with van der Waals surface area (Å²) in [7, 11) is -1.60. The summed E-state index contributed by atoms with van der Waals surface area (Å²) in [5, 5.41) is 11.0. The van der Waals surface area contributed by atoms with Crippen molar-refractivity contribution >= 4 is 26.1 Å². The average Bonchev–Trinajstić information content (AvgIpc) is 3.27. The second-order valence-electron chi connectivity index (χ2n) is 9.98. The van der Waals surface area contributed by atoms with Crippen LogP contribution >= 0.6 is 0 Å². The lowest BCUT2D eigenvalue weighted by atomic mass is 9.65. The minimum atomic E-state index is -1.60. The molecule has 0 radical (unpaired) electrons. The summed E-state index contributed by atoms with van der Waals surface area (Å²) >= 11 is 0. The number of amides is 1. The summed E-state index contributed by atoms with van der Waals surface area (Å²) in [5.74, 6) is 0. The zero-order valence-corrected chi connectivity index (χ0v) is 20.5. The van der Waals surface area contributed by atoms with E-state index in [1.165, 1.54) is 5.20 Å². The average molecular weight is 455 g/mol. The van der Waals surface area contributed by atoms with Crippen molar-refractivity contribution in [3.63, 3.8) is 0 Å². The number of aldehydes is 1. The van der Waals surface area contributed by atoms with Crippen molar-refractivity contribution < 1.29 is 19.4 Å². The van der Waals surface area contributed by atoms with Crippen molar-refractivity contribution in [2.24, 2.45) is 0 Å². The van der Waals surface area contributed by atoms with E-state index in [0.29, 0.717) is 12.2 Å². The van der Waals surface area contributed by atoms with Crippen molar-refractivity contribution in [2.45, 2.75) is 56.9 Å². The van der Waals surface area contributed by atoms with Gasteiger partial charge in [0.05, 0.1) is 33.0 Å². The third kappa shape index (κ3) is 3.47. The minimum absolute atomic E-state index is 0.0561. The van der Waals surface area contributed by atoms with Gasteiger partial charge in [-0.3, -0.25) is 14.6 Å². The zero-order chi connectivity index (χ0) is 23.1. The normalized spacial score (nSPS) is 27.5. The van der Waals surface area contributed by atoms with Crippen LogP contribution in [0.4, 0.5) is 10.5 Å². The lowest BCUT2D eigenvalue weighted by Crippen LogP contribution is -2.57. The monoisotopic (exact) mass is 454 g/mol. The molecule has 3 atom stereocenters. The highest BCUT2D eigenvalue weighted by atomic mass is 28.3. The number of nitrogens with zero attached hydrogens (tertiary/aromatic N) is 2. The number of likely N-dealkylation sites (tertiary alicyclic amines) is 1. The Bertz CT molecular complexity index is 967. The fraction of sp³-hybridized carbons (Fsp3) is 0.520. The van der Waals surface area contributed by atoms with Gasteiger partial charge in [0.1, 0.15) is 6.29 Å². The van der Waals surface area contributed by atoms with Gasteiger partial charge in [0.15, 0.2) is 0 Å². The third-order valence-corrected chi connectivity index (χ3v) is 9.72. The molecular weight excluding hydrogens is 420 g/mol. The molecule has 1 spiro atoms. The van der Waals surface area contributed by atoms with Crippen LogP contribution in [-0.4, -0.2) is 68.8 Å². The van der Waals surface area contributed by atoms with Crippen LogP contribution in [0.2, 0.25) is 19.6 Å². The van der Waals surface area contributed by atoms with E-state index in [4.69, 9.17) is 4.74 Å². The molecule has 172 valence electrons.